The Balaban J connectivity index is 2.05. The summed E-state index contributed by atoms with van der Waals surface area (Å²) in [7, 11) is -4.09. The van der Waals surface area contributed by atoms with Crippen LogP contribution in [0.5, 0.6) is 0 Å². The van der Waals surface area contributed by atoms with E-state index in [9.17, 15) is 17.6 Å². The SMILES string of the molecule is O=C(/C(=C\Nc1ccc(F)cc1)S(=O)(=O)c1ccccc1)c1ccc(Cl)cc1. The minimum atomic E-state index is -4.09. The molecule has 1 N–H and O–H groups in total. The molecular formula is C21H15ClFNO3S. The van der Waals surface area contributed by atoms with Gasteiger partial charge in [-0.2, -0.15) is 0 Å². The smallest absolute Gasteiger partial charge is 0.211 e. The molecule has 0 aliphatic carbocycles. The fourth-order valence-corrected chi connectivity index (χ4v) is 3.90. The Bertz CT molecular complexity index is 1110. The standard InChI is InChI=1S/C21H15ClFNO3S/c22-16-8-6-15(7-9-16)21(25)20(14-24-18-12-10-17(23)11-13-18)28(26,27)19-4-2-1-3-5-19/h1-14,24H/b20-14+. The molecule has 0 spiro atoms. The molecule has 0 aromatic heterocycles. The quantitative estimate of drug-likeness (QED) is 0.450. The largest absolute Gasteiger partial charge is 0.360 e. The molecule has 0 atom stereocenters. The van der Waals surface area contributed by atoms with Gasteiger partial charge in [0.05, 0.1) is 4.90 Å². The van der Waals surface area contributed by atoms with E-state index >= 15 is 0 Å². The predicted octanol–water partition coefficient (Wildman–Crippen LogP) is 5.09. The summed E-state index contributed by atoms with van der Waals surface area (Å²) in [6.45, 7) is 0. The number of carbonyl (C=O) groups excluding carboxylic acids is 1. The first-order valence-electron chi connectivity index (χ1n) is 8.20. The number of rotatable bonds is 6. The van der Waals surface area contributed by atoms with Crippen LogP contribution in [0, 0.1) is 5.82 Å². The molecule has 0 heterocycles. The second kappa shape index (κ2) is 8.37. The highest BCUT2D eigenvalue weighted by Gasteiger charge is 2.28. The van der Waals surface area contributed by atoms with Crippen LogP contribution < -0.4 is 5.32 Å². The zero-order valence-electron chi connectivity index (χ0n) is 14.5. The molecule has 0 aliphatic rings. The average molecular weight is 416 g/mol. The number of benzene rings is 3. The summed E-state index contributed by atoms with van der Waals surface area (Å²) >= 11 is 5.85. The van der Waals surface area contributed by atoms with E-state index in [-0.39, 0.29) is 10.5 Å². The summed E-state index contributed by atoms with van der Waals surface area (Å²) < 4.78 is 39.2. The van der Waals surface area contributed by atoms with Crippen LogP contribution in [0.25, 0.3) is 0 Å². The second-order valence-corrected chi connectivity index (χ2v) is 8.17. The third-order valence-corrected chi connectivity index (χ3v) is 5.91. The monoisotopic (exact) mass is 415 g/mol. The van der Waals surface area contributed by atoms with E-state index in [1.165, 1.54) is 60.7 Å². The van der Waals surface area contributed by atoms with Crippen molar-refractivity contribution in [1.29, 1.82) is 0 Å². The molecule has 4 nitrogen and oxygen atoms in total. The molecule has 0 saturated heterocycles. The van der Waals surface area contributed by atoms with Gasteiger partial charge in [-0.15, -0.1) is 0 Å². The third-order valence-electron chi connectivity index (χ3n) is 3.89. The Hall–Kier alpha value is -2.96. The van der Waals surface area contributed by atoms with Gasteiger partial charge in [0.25, 0.3) is 0 Å². The molecule has 7 heteroatoms. The fraction of sp³-hybridized carbons (Fsp3) is 0. The summed E-state index contributed by atoms with van der Waals surface area (Å²) in [5.41, 5.74) is 0.613. The minimum Gasteiger partial charge on any atom is -0.360 e. The highest BCUT2D eigenvalue weighted by molar-refractivity contribution is 7.96. The van der Waals surface area contributed by atoms with E-state index in [2.05, 4.69) is 5.32 Å². The summed E-state index contributed by atoms with van der Waals surface area (Å²) in [6, 6.07) is 18.9. The van der Waals surface area contributed by atoms with E-state index in [4.69, 9.17) is 11.6 Å². The van der Waals surface area contributed by atoms with Crippen molar-refractivity contribution in [2.45, 2.75) is 4.90 Å². The molecule has 142 valence electrons. The van der Waals surface area contributed by atoms with Gasteiger partial charge in [0, 0.05) is 22.5 Å². The maximum Gasteiger partial charge on any atom is 0.211 e. The molecule has 3 aromatic rings. The minimum absolute atomic E-state index is 0.00975. The van der Waals surface area contributed by atoms with Crippen LogP contribution in [0.15, 0.2) is 94.9 Å². The summed E-state index contributed by atoms with van der Waals surface area (Å²) in [4.78, 5) is 12.5. The van der Waals surface area contributed by atoms with Crippen LogP contribution in [0.4, 0.5) is 10.1 Å². The highest BCUT2D eigenvalue weighted by atomic mass is 35.5. The normalized spacial score (nSPS) is 11.9. The topological polar surface area (TPSA) is 63.2 Å². The molecule has 28 heavy (non-hydrogen) atoms. The van der Waals surface area contributed by atoms with Gasteiger partial charge in [-0.25, -0.2) is 12.8 Å². The molecule has 0 unspecified atom stereocenters. The Morgan fingerprint density at radius 3 is 2.11 bits per heavy atom. The van der Waals surface area contributed by atoms with Crippen molar-refractivity contribution in [3.05, 3.63) is 106 Å². The second-order valence-electron chi connectivity index (χ2n) is 5.81. The maximum atomic E-state index is 13.1. The number of nitrogens with one attached hydrogen (secondary N) is 1. The van der Waals surface area contributed by atoms with E-state index < -0.39 is 26.3 Å². The zero-order chi connectivity index (χ0) is 20.1. The Morgan fingerprint density at radius 1 is 0.893 bits per heavy atom. The number of halogens is 2. The van der Waals surface area contributed by atoms with Gasteiger partial charge >= 0.3 is 0 Å². The van der Waals surface area contributed by atoms with Crippen molar-refractivity contribution in [3.63, 3.8) is 0 Å². The van der Waals surface area contributed by atoms with E-state index in [1.54, 1.807) is 18.2 Å². The number of hydrogen-bond donors (Lipinski definition) is 1. The third kappa shape index (κ3) is 4.47. The summed E-state index contributed by atoms with van der Waals surface area (Å²) in [6.07, 6.45) is 1.12. The van der Waals surface area contributed by atoms with Crippen molar-refractivity contribution in [2.75, 3.05) is 5.32 Å². The first kappa shape index (κ1) is 19.8. The van der Waals surface area contributed by atoms with Crippen molar-refractivity contribution in [1.82, 2.24) is 0 Å². The highest BCUT2D eigenvalue weighted by Crippen LogP contribution is 2.24. The van der Waals surface area contributed by atoms with Crippen LogP contribution >= 0.6 is 11.6 Å². The Labute approximate surface area is 167 Å². The van der Waals surface area contributed by atoms with Gasteiger partial charge < -0.3 is 5.32 Å². The van der Waals surface area contributed by atoms with Crippen LogP contribution in [0.1, 0.15) is 10.4 Å². The number of allylic oxidation sites excluding steroid dienone is 1. The molecule has 3 aromatic carbocycles. The first-order valence-corrected chi connectivity index (χ1v) is 10.1. The molecule has 0 aliphatic heterocycles. The molecule has 3 rings (SSSR count). The Morgan fingerprint density at radius 2 is 1.50 bits per heavy atom. The van der Waals surface area contributed by atoms with Crippen LogP contribution in [0.3, 0.4) is 0 Å². The molecule has 0 bridgehead atoms. The van der Waals surface area contributed by atoms with E-state index in [0.29, 0.717) is 10.7 Å². The number of Topliss-reactive ketones (excluding diaryl/α,β-unsaturated/α-hetero) is 1. The maximum absolute atomic E-state index is 13.1. The van der Waals surface area contributed by atoms with Crippen molar-refractivity contribution < 1.29 is 17.6 Å². The lowest BCUT2D eigenvalue weighted by molar-refractivity contribution is 0.104. The fourth-order valence-electron chi connectivity index (χ4n) is 2.43. The van der Waals surface area contributed by atoms with Gasteiger partial charge in [0.2, 0.25) is 15.6 Å². The van der Waals surface area contributed by atoms with Gasteiger partial charge in [-0.1, -0.05) is 29.8 Å². The number of hydrogen-bond acceptors (Lipinski definition) is 4. The lowest BCUT2D eigenvalue weighted by Gasteiger charge is -2.10. The summed E-state index contributed by atoms with van der Waals surface area (Å²) in [5, 5.41) is 3.18. The predicted molar refractivity (Wildman–Crippen MR) is 108 cm³/mol. The van der Waals surface area contributed by atoms with Gasteiger partial charge in [-0.3, -0.25) is 4.79 Å². The molecular weight excluding hydrogens is 401 g/mol. The molecule has 0 fully saturated rings. The average Bonchev–Trinajstić information content (AvgIpc) is 2.70. The van der Waals surface area contributed by atoms with Crippen molar-refractivity contribution >= 4 is 32.9 Å². The lowest BCUT2D eigenvalue weighted by Crippen LogP contribution is -2.16. The van der Waals surface area contributed by atoms with Gasteiger partial charge in [0.15, 0.2) is 0 Å². The van der Waals surface area contributed by atoms with E-state index in [0.717, 1.165) is 6.20 Å². The van der Waals surface area contributed by atoms with Crippen molar-refractivity contribution in [2.24, 2.45) is 0 Å². The lowest BCUT2D eigenvalue weighted by atomic mass is 10.1. The number of carbonyl (C=O) groups is 1. The Kier molecular flexibility index (Phi) is 5.92. The number of anilines is 1. The molecule has 0 amide bonds. The van der Waals surface area contributed by atoms with Gasteiger partial charge in [0.1, 0.15) is 10.7 Å². The number of ketones is 1. The summed E-state index contributed by atoms with van der Waals surface area (Å²) in [5.74, 6) is -1.11. The molecule has 0 radical (unpaired) electrons. The van der Waals surface area contributed by atoms with Crippen LogP contribution in [-0.4, -0.2) is 14.2 Å². The number of sulfone groups is 1. The van der Waals surface area contributed by atoms with Crippen molar-refractivity contribution in [3.8, 4) is 0 Å². The first-order chi connectivity index (χ1) is 13.4. The van der Waals surface area contributed by atoms with Gasteiger partial charge in [-0.05, 0) is 60.7 Å². The van der Waals surface area contributed by atoms with Crippen LogP contribution in [0.2, 0.25) is 5.02 Å². The van der Waals surface area contributed by atoms with Crippen LogP contribution in [-0.2, 0) is 9.84 Å². The zero-order valence-corrected chi connectivity index (χ0v) is 16.0. The van der Waals surface area contributed by atoms with E-state index in [1.807, 2.05) is 0 Å². The molecule has 0 saturated carbocycles.